The van der Waals surface area contributed by atoms with E-state index in [-0.39, 0.29) is 58.8 Å². The van der Waals surface area contributed by atoms with Crippen molar-refractivity contribution >= 4 is 5.97 Å². The van der Waals surface area contributed by atoms with Crippen LogP contribution in [-0.4, -0.2) is 17.0 Å². The molecule has 0 spiro atoms. The highest BCUT2D eigenvalue weighted by Gasteiger charge is 2.65. The molecule has 0 heterocycles. The number of hydrogen-bond donors (Lipinski definition) is 1. The van der Waals surface area contributed by atoms with Gasteiger partial charge in [0.25, 0.3) is 5.92 Å². The average molecular weight is 986 g/mol. The van der Waals surface area contributed by atoms with Crippen molar-refractivity contribution in [3.05, 3.63) is 35.9 Å². The molecule has 1 aromatic rings. The molecule has 0 aliphatic heterocycles. The van der Waals surface area contributed by atoms with Crippen LogP contribution < -0.4 is 0 Å². The Morgan fingerprint density at radius 3 is 0.797 bits per heavy atom. The van der Waals surface area contributed by atoms with Gasteiger partial charge in [-0.15, -0.1) is 6.42 Å². The van der Waals surface area contributed by atoms with Crippen molar-refractivity contribution < 1.29 is 18.7 Å². The van der Waals surface area contributed by atoms with Crippen molar-refractivity contribution in [1.82, 2.24) is 0 Å². The maximum Gasteiger partial charge on any atom is 0.309 e. The maximum absolute atomic E-state index is 13.1. The molecular formula is C65H134F2O2. The van der Waals surface area contributed by atoms with Gasteiger partial charge in [0.05, 0.1) is 5.41 Å². The molecule has 0 atom stereocenters. The fourth-order valence-corrected chi connectivity index (χ4v) is 4.39. The zero-order chi connectivity index (χ0) is 53.2. The number of hydrogen-bond acceptors (Lipinski definition) is 1. The number of benzene rings is 1. The van der Waals surface area contributed by atoms with Crippen LogP contribution in [0.4, 0.5) is 8.78 Å². The summed E-state index contributed by atoms with van der Waals surface area (Å²) in [6, 6.07) is 10.6. The Morgan fingerprint density at radius 1 is 0.478 bits per heavy atom. The van der Waals surface area contributed by atoms with Crippen LogP contribution in [0.2, 0.25) is 0 Å². The lowest BCUT2D eigenvalue weighted by Crippen LogP contribution is -2.37. The highest BCUT2D eigenvalue weighted by Crippen LogP contribution is 2.66. The summed E-state index contributed by atoms with van der Waals surface area (Å²) in [6.45, 7) is 70.0. The quantitative estimate of drug-likeness (QED) is 0.300. The summed E-state index contributed by atoms with van der Waals surface area (Å²) in [6.07, 6.45) is 9.59. The lowest BCUT2D eigenvalue weighted by Gasteiger charge is -2.35. The molecule has 0 saturated heterocycles. The van der Waals surface area contributed by atoms with Crippen molar-refractivity contribution in [3.8, 4) is 12.3 Å². The van der Waals surface area contributed by atoms with Crippen LogP contribution in [0.5, 0.6) is 0 Å². The van der Waals surface area contributed by atoms with Crippen molar-refractivity contribution in [1.29, 1.82) is 0 Å². The summed E-state index contributed by atoms with van der Waals surface area (Å²) < 4.78 is 26.1. The zero-order valence-corrected chi connectivity index (χ0v) is 49.4. The van der Waals surface area contributed by atoms with Gasteiger partial charge in [-0.1, -0.05) is 267 Å². The highest BCUT2D eigenvalue weighted by molar-refractivity contribution is 5.74. The van der Waals surface area contributed by atoms with Crippen LogP contribution in [0, 0.1) is 77.3 Å². The Labute approximate surface area is 438 Å². The van der Waals surface area contributed by atoms with Crippen LogP contribution in [-0.2, 0) is 10.2 Å². The van der Waals surface area contributed by atoms with Crippen molar-refractivity contribution in [2.24, 2.45) is 65.0 Å². The summed E-state index contributed by atoms with van der Waals surface area (Å²) in [5.74, 6) is -0.464. The van der Waals surface area contributed by atoms with Gasteiger partial charge in [0.1, 0.15) is 0 Å². The Kier molecular flexibility index (Phi) is 36.7. The SMILES string of the molecule is C.C.C.C.C.C#CC(C)(C)C(C)(C)C.CC(C)(C)C(C)(C)C.CC(C)(C)C(C)(C)C.CC(C)(C)C(C)(C)C(=O)O.CC(C)(C)C1(C(C)(F)F)CC1.CC(C)(C)C1(C)CC1.CC(C)(C)c1ccccc1. The predicted octanol–water partition coefficient (Wildman–Crippen LogP) is 23.5. The first-order valence-corrected chi connectivity index (χ1v) is 24.4. The molecule has 2 saturated carbocycles. The summed E-state index contributed by atoms with van der Waals surface area (Å²) in [4.78, 5) is 10.7. The number of carbonyl (C=O) groups is 1. The number of aliphatic carboxylic acids is 1. The van der Waals surface area contributed by atoms with E-state index in [4.69, 9.17) is 11.5 Å². The van der Waals surface area contributed by atoms with Crippen LogP contribution >= 0.6 is 0 Å². The second-order valence-corrected chi connectivity index (χ2v) is 29.8. The van der Waals surface area contributed by atoms with E-state index >= 15 is 0 Å². The Balaban J connectivity index is -0.0000000862. The summed E-state index contributed by atoms with van der Waals surface area (Å²) in [5, 5.41) is 8.78. The minimum atomic E-state index is -2.51. The molecule has 69 heavy (non-hydrogen) atoms. The van der Waals surface area contributed by atoms with Gasteiger partial charge in [-0.25, -0.2) is 8.78 Å². The van der Waals surface area contributed by atoms with Crippen LogP contribution in [0.25, 0.3) is 0 Å². The van der Waals surface area contributed by atoms with E-state index in [1.807, 2.05) is 41.5 Å². The number of carboxylic acid groups (broad SMARTS) is 1. The third-order valence-electron chi connectivity index (χ3n) is 16.6. The van der Waals surface area contributed by atoms with Crippen molar-refractivity contribution in [2.75, 3.05) is 0 Å². The van der Waals surface area contributed by atoms with Gasteiger partial charge >= 0.3 is 5.97 Å². The summed E-state index contributed by atoms with van der Waals surface area (Å²) in [5.41, 5.74) is 3.10. The Morgan fingerprint density at radius 2 is 0.754 bits per heavy atom. The Hall–Kier alpha value is -1.89. The summed E-state index contributed by atoms with van der Waals surface area (Å²) >= 11 is 0. The van der Waals surface area contributed by atoms with Crippen LogP contribution in [0.1, 0.15) is 297 Å². The van der Waals surface area contributed by atoms with Crippen molar-refractivity contribution in [2.45, 2.75) is 303 Å². The van der Waals surface area contributed by atoms with Gasteiger partial charge in [-0.2, -0.15) is 0 Å². The van der Waals surface area contributed by atoms with Crippen LogP contribution in [0.15, 0.2) is 30.3 Å². The molecule has 4 heteroatoms. The molecule has 0 radical (unpaired) electrons. The van der Waals surface area contributed by atoms with E-state index in [0.717, 1.165) is 6.92 Å². The Bertz CT molecular complexity index is 1410. The molecule has 2 aliphatic carbocycles. The monoisotopic (exact) mass is 985 g/mol. The van der Waals surface area contributed by atoms with E-state index in [1.54, 1.807) is 13.8 Å². The van der Waals surface area contributed by atoms with E-state index in [1.165, 1.54) is 18.4 Å². The molecule has 0 unspecified atom stereocenters. The first kappa shape index (κ1) is 86.9. The smallest absolute Gasteiger partial charge is 0.309 e. The first-order chi connectivity index (χ1) is 27.3. The van der Waals surface area contributed by atoms with Gasteiger partial charge < -0.3 is 5.11 Å². The largest absolute Gasteiger partial charge is 0.481 e. The minimum absolute atomic E-state index is 0. The fraction of sp³-hybridized carbons (Fsp3) is 0.862. The van der Waals surface area contributed by atoms with E-state index < -0.39 is 22.7 Å². The molecule has 0 bridgehead atoms. The number of carboxylic acids is 1. The molecule has 0 amide bonds. The minimum Gasteiger partial charge on any atom is -0.481 e. The van der Waals surface area contributed by atoms with Gasteiger partial charge in [0.15, 0.2) is 0 Å². The number of terminal acetylenes is 1. The van der Waals surface area contributed by atoms with E-state index in [2.05, 4.69) is 202 Å². The van der Waals surface area contributed by atoms with Gasteiger partial charge in [0.2, 0.25) is 0 Å². The molecule has 2 nitrogen and oxygen atoms in total. The zero-order valence-electron chi connectivity index (χ0n) is 49.4. The molecule has 420 valence electrons. The predicted molar refractivity (Wildman–Crippen MR) is 318 cm³/mol. The fourth-order valence-electron chi connectivity index (χ4n) is 4.39. The topological polar surface area (TPSA) is 37.3 Å². The highest BCUT2D eigenvalue weighted by atomic mass is 19.3. The molecule has 1 aromatic carbocycles. The number of halogens is 2. The normalized spacial score (nSPS) is 15.3. The number of rotatable bonds is 2. The molecule has 0 aromatic heterocycles. The lowest BCUT2D eigenvalue weighted by atomic mass is 9.69. The molecule has 1 N–H and O–H groups in total. The second-order valence-electron chi connectivity index (χ2n) is 29.8. The van der Waals surface area contributed by atoms with Gasteiger partial charge in [-0.05, 0) is 120 Å². The molecule has 3 rings (SSSR count). The second kappa shape index (κ2) is 29.1. The third-order valence-corrected chi connectivity index (χ3v) is 16.6. The lowest BCUT2D eigenvalue weighted by molar-refractivity contribution is -0.153. The average Bonchev–Trinajstić information content (AvgIpc) is 3.95. The van der Waals surface area contributed by atoms with Crippen LogP contribution in [0.3, 0.4) is 0 Å². The first-order valence-electron chi connectivity index (χ1n) is 24.4. The molecular weight excluding hydrogens is 851 g/mol. The summed E-state index contributed by atoms with van der Waals surface area (Å²) in [7, 11) is 0. The maximum atomic E-state index is 13.1. The molecule has 2 aliphatic rings. The van der Waals surface area contributed by atoms with Crippen molar-refractivity contribution in [3.63, 3.8) is 0 Å². The van der Waals surface area contributed by atoms with Gasteiger partial charge in [0, 0.05) is 10.8 Å². The number of alkyl halides is 2. The standard InChI is InChI=1S/C10H14.C9H16F2.C9H16.C8H16O2.C8H16.2C8H18.5CH4/c1-10(2,3)9-7-5-4-6-8-9;1-7(2,3)9(5-6-9)8(4,10)11;1-7-9(5,6)8(2,3)4;1-7(2,3)8(4,5)6(9)10;1-7(2,3)8(4)5-6-8;2*1-7(2,3)8(4,5)6;;;;;/h4-8H,1-3H3;5-6H2,1-4H3;1H,2-6H3;1-5H3,(H,9,10);5-6H2,1-4H3;2*1-6H3;5*1H4. The van der Waals surface area contributed by atoms with Gasteiger partial charge in [-0.3, -0.25) is 4.79 Å². The molecule has 2 fully saturated rings. The third kappa shape index (κ3) is 30.7. The van der Waals surface area contributed by atoms with E-state index in [9.17, 15) is 13.6 Å². The van der Waals surface area contributed by atoms with E-state index in [0.29, 0.717) is 50.7 Å².